The standard InChI is InChI=1S/C14H24/c1-3-5-7-9-11-13-14-12-10-8-6-4-2/h3,10-13H,1,4-9,14H2,2H3. The van der Waals surface area contributed by atoms with Gasteiger partial charge in [0.05, 0.1) is 0 Å². The molecule has 0 aromatic rings. The van der Waals surface area contributed by atoms with Gasteiger partial charge in [0, 0.05) is 0 Å². The fraction of sp³-hybridized carbons (Fsp3) is 0.571. The van der Waals surface area contributed by atoms with Gasteiger partial charge in [0.2, 0.25) is 0 Å². The summed E-state index contributed by atoms with van der Waals surface area (Å²) in [5.41, 5.74) is 0. The summed E-state index contributed by atoms with van der Waals surface area (Å²) in [6.07, 6.45) is 19.6. The Morgan fingerprint density at radius 2 is 1.50 bits per heavy atom. The Hall–Kier alpha value is -0.780. The monoisotopic (exact) mass is 192 g/mol. The highest BCUT2D eigenvalue weighted by atomic mass is 13.9. The van der Waals surface area contributed by atoms with Crippen LogP contribution in [0.5, 0.6) is 0 Å². The minimum absolute atomic E-state index is 1.10. The first-order valence-corrected chi connectivity index (χ1v) is 5.82. The average molecular weight is 192 g/mol. The topological polar surface area (TPSA) is 0 Å². The predicted octanol–water partition coefficient (Wildman–Crippen LogP) is 5.04. The van der Waals surface area contributed by atoms with E-state index in [0.29, 0.717) is 0 Å². The third-order valence-electron chi connectivity index (χ3n) is 2.11. The normalized spacial score (nSPS) is 11.5. The van der Waals surface area contributed by atoms with Crippen molar-refractivity contribution in [3.63, 3.8) is 0 Å². The molecule has 80 valence electrons. The van der Waals surface area contributed by atoms with Crippen molar-refractivity contribution in [1.82, 2.24) is 0 Å². The van der Waals surface area contributed by atoms with Gasteiger partial charge in [-0.1, -0.05) is 50.1 Å². The van der Waals surface area contributed by atoms with E-state index in [1.54, 1.807) is 0 Å². The first-order chi connectivity index (χ1) is 6.91. The van der Waals surface area contributed by atoms with Crippen molar-refractivity contribution < 1.29 is 0 Å². The van der Waals surface area contributed by atoms with Crippen LogP contribution in [0.4, 0.5) is 0 Å². The van der Waals surface area contributed by atoms with Gasteiger partial charge in [0.15, 0.2) is 0 Å². The van der Waals surface area contributed by atoms with E-state index in [4.69, 9.17) is 0 Å². The van der Waals surface area contributed by atoms with Crippen molar-refractivity contribution in [3.8, 4) is 0 Å². The summed E-state index contributed by atoms with van der Waals surface area (Å²) < 4.78 is 0. The molecule has 0 aliphatic carbocycles. The van der Waals surface area contributed by atoms with Gasteiger partial charge >= 0.3 is 0 Å². The van der Waals surface area contributed by atoms with Crippen LogP contribution in [-0.2, 0) is 0 Å². The highest BCUT2D eigenvalue weighted by Gasteiger charge is 1.79. The van der Waals surface area contributed by atoms with E-state index in [1.165, 1.54) is 32.1 Å². The third kappa shape index (κ3) is 11.2. The summed E-state index contributed by atoms with van der Waals surface area (Å²) in [5.74, 6) is 0. The maximum Gasteiger partial charge on any atom is -0.0169 e. The quantitative estimate of drug-likeness (QED) is 0.355. The van der Waals surface area contributed by atoms with Crippen molar-refractivity contribution >= 4 is 0 Å². The number of hydrogen-bond donors (Lipinski definition) is 0. The molecule has 0 saturated carbocycles. The van der Waals surface area contributed by atoms with Crippen LogP contribution in [0.3, 0.4) is 0 Å². The largest absolute Gasteiger partial charge is 0.103 e. The maximum absolute atomic E-state index is 3.70. The summed E-state index contributed by atoms with van der Waals surface area (Å²) in [6, 6.07) is 0. The number of rotatable bonds is 9. The van der Waals surface area contributed by atoms with Crippen LogP contribution < -0.4 is 0 Å². The van der Waals surface area contributed by atoms with Gasteiger partial charge in [-0.3, -0.25) is 0 Å². The van der Waals surface area contributed by atoms with Crippen LogP contribution in [-0.4, -0.2) is 0 Å². The highest BCUT2D eigenvalue weighted by Crippen LogP contribution is 1.99. The third-order valence-corrected chi connectivity index (χ3v) is 2.11. The van der Waals surface area contributed by atoms with Gasteiger partial charge in [0.25, 0.3) is 0 Å². The summed E-state index contributed by atoms with van der Waals surface area (Å²) in [5, 5.41) is 0. The molecule has 0 amide bonds. The zero-order valence-electron chi connectivity index (χ0n) is 9.54. The predicted molar refractivity (Wildman–Crippen MR) is 66.5 cm³/mol. The lowest BCUT2D eigenvalue weighted by molar-refractivity contribution is 0.813. The Morgan fingerprint density at radius 3 is 2.07 bits per heavy atom. The molecule has 0 aliphatic heterocycles. The van der Waals surface area contributed by atoms with E-state index in [9.17, 15) is 0 Å². The smallest absolute Gasteiger partial charge is 0.0169 e. The Labute approximate surface area is 89.4 Å². The Balaban J connectivity index is 3.17. The fourth-order valence-corrected chi connectivity index (χ4v) is 1.21. The van der Waals surface area contributed by atoms with E-state index < -0.39 is 0 Å². The fourth-order valence-electron chi connectivity index (χ4n) is 1.21. The second-order valence-corrected chi connectivity index (χ2v) is 3.54. The molecule has 0 atom stereocenters. The molecule has 0 bridgehead atoms. The van der Waals surface area contributed by atoms with Crippen molar-refractivity contribution in [2.24, 2.45) is 0 Å². The number of hydrogen-bond acceptors (Lipinski definition) is 0. The van der Waals surface area contributed by atoms with Gasteiger partial charge in [-0.25, -0.2) is 0 Å². The molecule has 0 heteroatoms. The average Bonchev–Trinajstić information content (AvgIpc) is 2.21. The molecule has 0 rings (SSSR count). The van der Waals surface area contributed by atoms with Gasteiger partial charge < -0.3 is 0 Å². The first kappa shape index (κ1) is 13.2. The highest BCUT2D eigenvalue weighted by molar-refractivity contribution is 4.92. The first-order valence-electron chi connectivity index (χ1n) is 5.82. The molecule has 0 radical (unpaired) electrons. The summed E-state index contributed by atoms with van der Waals surface area (Å²) in [4.78, 5) is 0. The Kier molecular flexibility index (Phi) is 11.5. The SMILES string of the molecule is C=CCCCC=CCC=CCCCC. The second kappa shape index (κ2) is 12.2. The molecule has 0 fully saturated rings. The zero-order chi connectivity index (χ0) is 10.5. The van der Waals surface area contributed by atoms with E-state index >= 15 is 0 Å². The van der Waals surface area contributed by atoms with Crippen LogP contribution >= 0.6 is 0 Å². The molecule has 0 unspecified atom stereocenters. The van der Waals surface area contributed by atoms with E-state index in [-0.39, 0.29) is 0 Å². The lowest BCUT2D eigenvalue weighted by Gasteiger charge is -1.89. The van der Waals surface area contributed by atoms with Gasteiger partial charge in [-0.05, 0) is 32.1 Å². The maximum atomic E-state index is 3.70. The Morgan fingerprint density at radius 1 is 0.857 bits per heavy atom. The molecule has 0 aromatic heterocycles. The minimum Gasteiger partial charge on any atom is -0.103 e. The molecule has 14 heavy (non-hydrogen) atoms. The molecule has 0 aromatic carbocycles. The minimum atomic E-state index is 1.10. The molecule has 0 nitrogen and oxygen atoms in total. The molecule has 0 heterocycles. The van der Waals surface area contributed by atoms with Crippen LogP contribution in [0, 0.1) is 0 Å². The van der Waals surface area contributed by atoms with Crippen molar-refractivity contribution in [2.45, 2.75) is 51.9 Å². The van der Waals surface area contributed by atoms with Crippen LogP contribution in [0.2, 0.25) is 0 Å². The second-order valence-electron chi connectivity index (χ2n) is 3.54. The molecule has 0 saturated heterocycles. The molecule has 0 aliphatic rings. The van der Waals surface area contributed by atoms with Crippen molar-refractivity contribution in [2.75, 3.05) is 0 Å². The van der Waals surface area contributed by atoms with Crippen LogP contribution in [0.25, 0.3) is 0 Å². The lowest BCUT2D eigenvalue weighted by atomic mass is 10.2. The number of unbranched alkanes of at least 4 members (excludes halogenated alkanes) is 4. The van der Waals surface area contributed by atoms with Crippen molar-refractivity contribution in [1.29, 1.82) is 0 Å². The Bertz CT molecular complexity index is 163. The van der Waals surface area contributed by atoms with Gasteiger partial charge in [-0.15, -0.1) is 6.58 Å². The molecular formula is C14H24. The van der Waals surface area contributed by atoms with Crippen LogP contribution in [0.1, 0.15) is 51.9 Å². The van der Waals surface area contributed by atoms with Gasteiger partial charge in [-0.2, -0.15) is 0 Å². The molecular weight excluding hydrogens is 168 g/mol. The van der Waals surface area contributed by atoms with Crippen LogP contribution in [0.15, 0.2) is 37.0 Å². The summed E-state index contributed by atoms with van der Waals surface area (Å²) >= 11 is 0. The van der Waals surface area contributed by atoms with E-state index in [2.05, 4.69) is 37.8 Å². The zero-order valence-corrected chi connectivity index (χ0v) is 9.54. The van der Waals surface area contributed by atoms with Gasteiger partial charge in [0.1, 0.15) is 0 Å². The van der Waals surface area contributed by atoms with Crippen molar-refractivity contribution in [3.05, 3.63) is 37.0 Å². The summed E-state index contributed by atoms with van der Waals surface area (Å²) in [7, 11) is 0. The lowest BCUT2D eigenvalue weighted by Crippen LogP contribution is -1.69. The van der Waals surface area contributed by atoms with E-state index in [1.807, 2.05) is 6.08 Å². The molecule has 0 N–H and O–H groups in total. The van der Waals surface area contributed by atoms with E-state index in [0.717, 1.165) is 12.8 Å². The number of allylic oxidation sites excluding steroid dienone is 5. The summed E-state index contributed by atoms with van der Waals surface area (Å²) in [6.45, 7) is 5.93. The molecule has 0 spiro atoms.